The first-order chi connectivity index (χ1) is 11.2. The summed E-state index contributed by atoms with van der Waals surface area (Å²) in [4.78, 5) is 19.2. The molecule has 0 saturated carbocycles. The molecule has 4 heterocycles. The number of rotatable bonds is 2. The number of aliphatic hydroxyl groups excluding tert-OH is 1. The highest BCUT2D eigenvalue weighted by atomic mass is 16.3. The van der Waals surface area contributed by atoms with Crippen molar-refractivity contribution in [1.29, 1.82) is 0 Å². The fourth-order valence-corrected chi connectivity index (χ4v) is 3.05. The summed E-state index contributed by atoms with van der Waals surface area (Å²) in [6.45, 7) is 3.56. The second kappa shape index (κ2) is 5.20. The van der Waals surface area contributed by atoms with Crippen molar-refractivity contribution in [3.8, 4) is 0 Å². The van der Waals surface area contributed by atoms with Crippen molar-refractivity contribution >= 4 is 11.6 Å². The molecule has 7 heteroatoms. The van der Waals surface area contributed by atoms with Crippen LogP contribution in [0.1, 0.15) is 27.4 Å². The van der Waals surface area contributed by atoms with Gasteiger partial charge in [-0.15, -0.1) is 0 Å². The number of hydrogen-bond donors (Lipinski definition) is 1. The number of aliphatic hydroxyl groups is 1. The summed E-state index contributed by atoms with van der Waals surface area (Å²) in [7, 11) is 0. The molecule has 0 spiro atoms. The fraction of sp³-hybridized carbons (Fsp3) is 0.312. The first-order valence-electron chi connectivity index (χ1n) is 7.56. The van der Waals surface area contributed by atoms with E-state index < -0.39 is 0 Å². The molecular formula is C16H17N5O2. The van der Waals surface area contributed by atoms with Crippen LogP contribution in [0.5, 0.6) is 0 Å². The molecule has 1 aliphatic heterocycles. The van der Waals surface area contributed by atoms with Gasteiger partial charge in [-0.2, -0.15) is 5.10 Å². The number of aromatic nitrogens is 4. The van der Waals surface area contributed by atoms with E-state index in [1.165, 1.54) is 0 Å². The molecule has 7 nitrogen and oxygen atoms in total. The van der Waals surface area contributed by atoms with Crippen LogP contribution < -0.4 is 0 Å². The van der Waals surface area contributed by atoms with Gasteiger partial charge >= 0.3 is 0 Å². The normalized spacial score (nSPS) is 14.3. The molecule has 1 amide bonds. The third-order valence-corrected chi connectivity index (χ3v) is 4.13. The molecule has 0 fully saturated rings. The van der Waals surface area contributed by atoms with Crippen molar-refractivity contribution in [2.24, 2.45) is 0 Å². The van der Waals surface area contributed by atoms with Crippen LogP contribution in [-0.4, -0.2) is 41.6 Å². The third kappa shape index (κ3) is 2.29. The van der Waals surface area contributed by atoms with Gasteiger partial charge in [0.2, 0.25) is 0 Å². The van der Waals surface area contributed by atoms with E-state index in [2.05, 4.69) is 10.1 Å². The average molecular weight is 311 g/mol. The van der Waals surface area contributed by atoms with Crippen LogP contribution in [0.2, 0.25) is 0 Å². The molecule has 1 aliphatic rings. The Balaban J connectivity index is 1.66. The maximum Gasteiger partial charge on any atom is 0.258 e. The van der Waals surface area contributed by atoms with Crippen LogP contribution in [0, 0.1) is 6.92 Å². The zero-order valence-corrected chi connectivity index (χ0v) is 12.8. The monoisotopic (exact) mass is 311 g/mol. The van der Waals surface area contributed by atoms with Crippen LogP contribution in [0.15, 0.2) is 30.6 Å². The minimum absolute atomic E-state index is 0.0285. The van der Waals surface area contributed by atoms with E-state index in [1.54, 1.807) is 4.90 Å². The predicted octanol–water partition coefficient (Wildman–Crippen LogP) is 0.988. The van der Waals surface area contributed by atoms with Gasteiger partial charge in [-0.05, 0) is 25.1 Å². The van der Waals surface area contributed by atoms with E-state index in [0.29, 0.717) is 36.5 Å². The van der Waals surface area contributed by atoms with Crippen LogP contribution >= 0.6 is 0 Å². The number of carbonyl (C=O) groups excluding carboxylic acids is 1. The standard InChI is InChI=1S/C16H17N5O2/c1-11-8-19-4-2-3-14(15(19)17-11)16(23)20-5-6-21-13(9-20)7-12(10-22)18-21/h2-4,7-8,22H,5-6,9-10H2,1H3. The number of imidazole rings is 1. The highest BCUT2D eigenvalue weighted by Crippen LogP contribution is 2.19. The number of pyridine rings is 1. The van der Waals surface area contributed by atoms with Crippen molar-refractivity contribution in [1.82, 2.24) is 24.1 Å². The molecule has 3 aromatic rings. The van der Waals surface area contributed by atoms with Crippen molar-refractivity contribution in [3.63, 3.8) is 0 Å². The summed E-state index contributed by atoms with van der Waals surface area (Å²) in [6.07, 6.45) is 3.80. The molecule has 0 radical (unpaired) electrons. The summed E-state index contributed by atoms with van der Waals surface area (Å²) in [5, 5.41) is 13.5. The summed E-state index contributed by atoms with van der Waals surface area (Å²) in [6, 6.07) is 5.52. The lowest BCUT2D eigenvalue weighted by Crippen LogP contribution is -2.38. The van der Waals surface area contributed by atoms with Gasteiger partial charge in [-0.3, -0.25) is 9.48 Å². The van der Waals surface area contributed by atoms with E-state index >= 15 is 0 Å². The molecule has 118 valence electrons. The van der Waals surface area contributed by atoms with E-state index in [0.717, 1.165) is 11.4 Å². The highest BCUT2D eigenvalue weighted by molar-refractivity contribution is 5.99. The summed E-state index contributed by atoms with van der Waals surface area (Å²) in [5.74, 6) is -0.0285. The lowest BCUT2D eigenvalue weighted by atomic mass is 10.2. The van der Waals surface area contributed by atoms with Gasteiger partial charge in [-0.1, -0.05) is 0 Å². The molecule has 0 aromatic carbocycles. The van der Waals surface area contributed by atoms with E-state index in [1.807, 2.05) is 46.6 Å². The summed E-state index contributed by atoms with van der Waals surface area (Å²) >= 11 is 0. The second-order valence-electron chi connectivity index (χ2n) is 5.77. The van der Waals surface area contributed by atoms with Gasteiger partial charge in [0.25, 0.3) is 5.91 Å². The van der Waals surface area contributed by atoms with Gasteiger partial charge < -0.3 is 14.4 Å². The number of carbonyl (C=O) groups is 1. The van der Waals surface area contributed by atoms with Gasteiger partial charge in [-0.25, -0.2) is 4.98 Å². The number of fused-ring (bicyclic) bond motifs is 2. The second-order valence-corrected chi connectivity index (χ2v) is 5.77. The molecule has 0 unspecified atom stereocenters. The van der Waals surface area contributed by atoms with Crippen LogP contribution in [0.25, 0.3) is 5.65 Å². The summed E-state index contributed by atoms with van der Waals surface area (Å²) < 4.78 is 3.73. The molecular weight excluding hydrogens is 294 g/mol. The average Bonchev–Trinajstić information content (AvgIpc) is 3.14. The smallest absolute Gasteiger partial charge is 0.258 e. The number of nitrogens with zero attached hydrogens (tertiary/aromatic N) is 5. The largest absolute Gasteiger partial charge is 0.390 e. The first kappa shape index (κ1) is 14.0. The molecule has 0 saturated heterocycles. The lowest BCUT2D eigenvalue weighted by Gasteiger charge is -2.27. The number of aryl methyl sites for hydroxylation is 1. The van der Waals surface area contributed by atoms with Gasteiger partial charge in [0.1, 0.15) is 5.65 Å². The van der Waals surface area contributed by atoms with Gasteiger partial charge in [0.05, 0.1) is 42.3 Å². The maximum absolute atomic E-state index is 12.9. The lowest BCUT2D eigenvalue weighted by molar-refractivity contribution is 0.0707. The minimum atomic E-state index is -0.0827. The Labute approximate surface area is 132 Å². The Morgan fingerprint density at radius 3 is 3.09 bits per heavy atom. The number of amides is 1. The van der Waals surface area contributed by atoms with Crippen molar-refractivity contribution < 1.29 is 9.90 Å². The minimum Gasteiger partial charge on any atom is -0.390 e. The fourth-order valence-electron chi connectivity index (χ4n) is 3.05. The SMILES string of the molecule is Cc1cn2cccc(C(=O)N3CCn4nc(CO)cc4C3)c2n1. The molecule has 1 N–H and O–H groups in total. The van der Waals surface area contributed by atoms with Crippen molar-refractivity contribution in [2.45, 2.75) is 26.6 Å². The Kier molecular flexibility index (Phi) is 3.16. The van der Waals surface area contributed by atoms with Crippen LogP contribution in [0.4, 0.5) is 0 Å². The van der Waals surface area contributed by atoms with E-state index in [4.69, 9.17) is 0 Å². The first-order valence-corrected chi connectivity index (χ1v) is 7.56. The molecule has 0 bridgehead atoms. The highest BCUT2D eigenvalue weighted by Gasteiger charge is 2.25. The van der Waals surface area contributed by atoms with Gasteiger partial charge in [0.15, 0.2) is 0 Å². The van der Waals surface area contributed by atoms with Gasteiger partial charge in [0, 0.05) is 18.9 Å². The van der Waals surface area contributed by atoms with Crippen molar-refractivity contribution in [2.75, 3.05) is 6.54 Å². The zero-order valence-electron chi connectivity index (χ0n) is 12.8. The Hall–Kier alpha value is -2.67. The molecule has 3 aromatic heterocycles. The molecule has 0 aliphatic carbocycles. The molecule has 4 rings (SSSR count). The quantitative estimate of drug-likeness (QED) is 0.766. The van der Waals surface area contributed by atoms with Crippen LogP contribution in [0.3, 0.4) is 0 Å². The predicted molar refractivity (Wildman–Crippen MR) is 82.8 cm³/mol. The molecule has 0 atom stereocenters. The van der Waals surface area contributed by atoms with E-state index in [-0.39, 0.29) is 12.5 Å². The van der Waals surface area contributed by atoms with Crippen LogP contribution in [-0.2, 0) is 19.7 Å². The Morgan fingerprint density at radius 1 is 1.39 bits per heavy atom. The number of hydrogen-bond acceptors (Lipinski definition) is 4. The zero-order chi connectivity index (χ0) is 16.0. The summed E-state index contributed by atoms with van der Waals surface area (Å²) in [5.41, 5.74) is 3.76. The van der Waals surface area contributed by atoms with Crippen molar-refractivity contribution in [3.05, 3.63) is 53.2 Å². The topological polar surface area (TPSA) is 75.7 Å². The van der Waals surface area contributed by atoms with E-state index in [9.17, 15) is 9.90 Å². The third-order valence-electron chi connectivity index (χ3n) is 4.13. The molecule has 23 heavy (non-hydrogen) atoms. The maximum atomic E-state index is 12.9. The Morgan fingerprint density at radius 2 is 2.26 bits per heavy atom. The Bertz CT molecular complexity index is 895.